The Morgan fingerprint density at radius 1 is 1.29 bits per heavy atom. The van der Waals surface area contributed by atoms with Gasteiger partial charge in [-0.3, -0.25) is 0 Å². The van der Waals surface area contributed by atoms with Crippen molar-refractivity contribution in [1.82, 2.24) is 0 Å². The van der Waals surface area contributed by atoms with E-state index in [0.717, 1.165) is 5.56 Å². The van der Waals surface area contributed by atoms with Crippen LogP contribution in [-0.4, -0.2) is 5.97 Å². The van der Waals surface area contributed by atoms with Crippen LogP contribution in [-0.2, 0) is 4.79 Å². The summed E-state index contributed by atoms with van der Waals surface area (Å²) in [6.07, 6.45) is 5.12. The van der Waals surface area contributed by atoms with Gasteiger partial charge in [0.1, 0.15) is 6.07 Å². The maximum atomic E-state index is 10.5. The molecule has 0 aromatic heterocycles. The number of benzene rings is 1. The van der Waals surface area contributed by atoms with Crippen molar-refractivity contribution in [3.63, 3.8) is 0 Å². The number of rotatable bonds is 3. The van der Waals surface area contributed by atoms with Crippen LogP contribution in [0.3, 0.4) is 0 Å². The second-order valence-corrected chi connectivity index (χ2v) is 3.12. The van der Waals surface area contributed by atoms with Gasteiger partial charge in [0.25, 0.3) is 0 Å². The van der Waals surface area contributed by atoms with Crippen molar-refractivity contribution in [2.45, 2.75) is 6.92 Å². The van der Waals surface area contributed by atoms with Crippen LogP contribution < -0.4 is 56.5 Å². The third-order valence-corrected chi connectivity index (χ3v) is 1.95. The Kier molecular flexibility index (Phi) is 8.05. The molecule has 0 N–H and O–H groups in total. The summed E-state index contributed by atoms with van der Waals surface area (Å²) in [7, 11) is 0. The van der Waals surface area contributed by atoms with Gasteiger partial charge in [0.15, 0.2) is 0 Å². The average Bonchev–Trinajstić information content (AvgIpc) is 2.28. The number of hydrogen-bond donors (Lipinski definition) is 0. The smallest absolute Gasteiger partial charge is 0.544 e. The molecule has 0 saturated carbocycles. The number of carbonyl (C=O) groups excluding carboxylic acids is 1. The summed E-state index contributed by atoms with van der Waals surface area (Å²) in [5.74, 6) is -1.46. The van der Waals surface area contributed by atoms with E-state index in [0.29, 0.717) is 5.56 Å². The van der Waals surface area contributed by atoms with Crippen LogP contribution in [0.1, 0.15) is 18.1 Å². The van der Waals surface area contributed by atoms with Crippen LogP contribution in [0, 0.1) is 11.3 Å². The van der Waals surface area contributed by atoms with Gasteiger partial charge in [-0.15, -0.1) is 0 Å². The van der Waals surface area contributed by atoms with E-state index < -0.39 is 5.97 Å². The van der Waals surface area contributed by atoms with Gasteiger partial charge in [0.2, 0.25) is 0 Å². The molecular formula is C13H10KNO2. The summed E-state index contributed by atoms with van der Waals surface area (Å²) in [4.78, 5) is 10.5. The van der Waals surface area contributed by atoms with E-state index in [2.05, 4.69) is 0 Å². The molecule has 0 saturated heterocycles. The molecule has 0 bridgehead atoms. The predicted octanol–water partition coefficient (Wildman–Crippen LogP) is -1.62. The molecule has 1 aromatic rings. The van der Waals surface area contributed by atoms with Crippen molar-refractivity contribution in [1.29, 1.82) is 5.26 Å². The predicted molar refractivity (Wildman–Crippen MR) is 59.7 cm³/mol. The van der Waals surface area contributed by atoms with Crippen LogP contribution in [0.4, 0.5) is 0 Å². The molecule has 0 amide bonds. The van der Waals surface area contributed by atoms with Crippen molar-refractivity contribution in [3.05, 3.63) is 47.0 Å². The number of nitrogens with zero attached hydrogens (tertiary/aromatic N) is 1. The normalized spacial score (nSPS) is 10.7. The Bertz CT molecular complexity index is 481. The first-order valence-electron chi connectivity index (χ1n) is 4.73. The first-order valence-corrected chi connectivity index (χ1v) is 4.73. The Balaban J connectivity index is 0.00000256. The summed E-state index contributed by atoms with van der Waals surface area (Å²) < 4.78 is 0. The third kappa shape index (κ3) is 5.44. The van der Waals surface area contributed by atoms with E-state index in [1.165, 1.54) is 6.08 Å². The van der Waals surface area contributed by atoms with Crippen LogP contribution in [0.15, 0.2) is 35.9 Å². The maximum absolute atomic E-state index is 10.5. The number of aliphatic carboxylic acids is 1. The fraction of sp³-hybridized carbons (Fsp3) is 0.0769. The molecule has 1 aromatic carbocycles. The zero-order valence-corrected chi connectivity index (χ0v) is 12.9. The second kappa shape index (κ2) is 8.40. The summed E-state index contributed by atoms with van der Waals surface area (Å²) in [6.45, 7) is 1.91. The van der Waals surface area contributed by atoms with E-state index in [9.17, 15) is 9.90 Å². The molecule has 3 nitrogen and oxygen atoms in total. The van der Waals surface area contributed by atoms with Gasteiger partial charge in [0.05, 0.1) is 11.5 Å². The van der Waals surface area contributed by atoms with Gasteiger partial charge >= 0.3 is 51.4 Å². The minimum absolute atomic E-state index is 0. The Labute approximate surface area is 143 Å². The Hall–Kier alpha value is -0.704. The molecule has 0 aliphatic heterocycles. The Morgan fingerprint density at radius 2 is 1.82 bits per heavy atom. The van der Waals surface area contributed by atoms with Gasteiger partial charge in [-0.2, -0.15) is 5.26 Å². The minimum atomic E-state index is -1.46. The monoisotopic (exact) mass is 251 g/mol. The van der Waals surface area contributed by atoms with Gasteiger partial charge in [-0.25, -0.2) is 0 Å². The molecule has 0 unspecified atom stereocenters. The average molecular weight is 251 g/mol. The minimum Gasteiger partial charge on any atom is -0.544 e. The molecular weight excluding hydrogens is 241 g/mol. The van der Waals surface area contributed by atoms with Crippen molar-refractivity contribution in [2.24, 2.45) is 0 Å². The summed E-state index contributed by atoms with van der Waals surface area (Å²) in [5, 5.41) is 19.0. The summed E-state index contributed by atoms with van der Waals surface area (Å²) >= 11 is 0. The number of hydrogen-bond acceptors (Lipinski definition) is 3. The zero-order chi connectivity index (χ0) is 12.0. The van der Waals surface area contributed by atoms with Gasteiger partial charge in [-0.05, 0) is 24.1 Å². The molecule has 0 heterocycles. The van der Waals surface area contributed by atoms with E-state index >= 15 is 0 Å². The number of carboxylic acids is 1. The molecule has 0 radical (unpaired) electrons. The second-order valence-electron chi connectivity index (χ2n) is 3.12. The topological polar surface area (TPSA) is 63.9 Å². The van der Waals surface area contributed by atoms with E-state index in [1.54, 1.807) is 18.2 Å². The first kappa shape index (κ1) is 16.3. The van der Waals surface area contributed by atoms with Crippen LogP contribution in [0.25, 0.3) is 12.2 Å². The summed E-state index contributed by atoms with van der Waals surface area (Å²) in [5.41, 5.74) is 1.30. The molecule has 0 aliphatic carbocycles. The number of carbonyl (C=O) groups is 1. The molecule has 17 heavy (non-hydrogen) atoms. The fourth-order valence-electron chi connectivity index (χ4n) is 1.20. The van der Waals surface area contributed by atoms with Crippen LogP contribution in [0.5, 0.6) is 0 Å². The van der Waals surface area contributed by atoms with Gasteiger partial charge in [-0.1, -0.05) is 36.4 Å². The molecule has 4 heteroatoms. The van der Waals surface area contributed by atoms with Gasteiger partial charge in [0, 0.05) is 0 Å². The van der Waals surface area contributed by atoms with E-state index in [4.69, 9.17) is 5.26 Å². The number of carboxylic acid groups (broad SMARTS) is 1. The largest absolute Gasteiger partial charge is 1.00 e. The van der Waals surface area contributed by atoms with Crippen LogP contribution >= 0.6 is 0 Å². The standard InChI is InChI=1S/C13H11NO2.K/c1-2-3-10-4-6-11(7-5-10)8-12(9-14)13(15)16;/h2-8H,1H3,(H,15,16);/q;+1/p-1. The fourth-order valence-corrected chi connectivity index (χ4v) is 1.20. The Morgan fingerprint density at radius 3 is 2.24 bits per heavy atom. The van der Waals surface area contributed by atoms with Crippen molar-refractivity contribution < 1.29 is 61.3 Å². The van der Waals surface area contributed by atoms with E-state index in [-0.39, 0.29) is 57.0 Å². The molecule has 80 valence electrons. The molecule has 0 aliphatic rings. The molecule has 0 atom stereocenters. The number of nitriles is 1. The first-order chi connectivity index (χ1) is 7.67. The van der Waals surface area contributed by atoms with Crippen molar-refractivity contribution in [3.8, 4) is 6.07 Å². The molecule has 0 spiro atoms. The quantitative estimate of drug-likeness (QED) is 0.368. The van der Waals surface area contributed by atoms with Gasteiger partial charge < -0.3 is 9.90 Å². The zero-order valence-electron chi connectivity index (χ0n) is 9.81. The van der Waals surface area contributed by atoms with Crippen molar-refractivity contribution >= 4 is 18.1 Å². The third-order valence-electron chi connectivity index (χ3n) is 1.95. The van der Waals surface area contributed by atoms with Crippen molar-refractivity contribution in [2.75, 3.05) is 0 Å². The maximum Gasteiger partial charge on any atom is 1.00 e. The van der Waals surface area contributed by atoms with Crippen LogP contribution in [0.2, 0.25) is 0 Å². The SMILES string of the molecule is CC=Cc1ccc(C=C(C#N)C(=O)[O-])cc1.[K+]. The van der Waals surface area contributed by atoms with E-state index in [1.807, 2.05) is 31.2 Å². The molecule has 1 rings (SSSR count). The molecule has 0 fully saturated rings. The summed E-state index contributed by atoms with van der Waals surface area (Å²) in [6, 6.07) is 8.75. The number of allylic oxidation sites excluding steroid dienone is 1.